The summed E-state index contributed by atoms with van der Waals surface area (Å²) < 4.78 is 7.51. The highest BCUT2D eigenvalue weighted by molar-refractivity contribution is 5.77. The fraction of sp³-hybridized carbons (Fsp3) is 0.579. The van der Waals surface area contributed by atoms with Gasteiger partial charge in [0.15, 0.2) is 0 Å². The maximum Gasteiger partial charge on any atom is 0.139 e. The summed E-state index contributed by atoms with van der Waals surface area (Å²) in [6.07, 6.45) is 10.6. The highest BCUT2D eigenvalue weighted by atomic mass is 16.5. The molecule has 8 fully saturated rings. The fourth-order valence-electron chi connectivity index (χ4n) is 15.8. The minimum absolute atomic E-state index is 0.0845. The zero-order chi connectivity index (χ0) is 27.7. The second kappa shape index (κ2) is 6.66. The van der Waals surface area contributed by atoms with Crippen LogP contribution >= 0.6 is 0 Å². The number of allylic oxidation sites excluding steroid dienone is 1. The molecule has 218 valence electrons. The molecule has 4 spiro atoms. The summed E-state index contributed by atoms with van der Waals surface area (Å²) in [5.41, 5.74) is 10.6. The van der Waals surface area contributed by atoms with Gasteiger partial charge in [-0.05, 0) is 80.8 Å². The monoisotopic (exact) mass is 568 g/mol. The predicted octanol–water partition coefficient (Wildman–Crippen LogP) is 4.68. The molecule has 5 nitrogen and oxygen atoms in total. The van der Waals surface area contributed by atoms with Crippen LogP contribution in [0, 0.1) is 22.7 Å². The van der Waals surface area contributed by atoms with Gasteiger partial charge in [0, 0.05) is 59.3 Å². The van der Waals surface area contributed by atoms with Crippen LogP contribution in [0.4, 0.5) is 11.4 Å². The van der Waals surface area contributed by atoms with E-state index in [-0.39, 0.29) is 27.9 Å². The average Bonchev–Trinajstić information content (AvgIpc) is 3.83. The Morgan fingerprint density at radius 3 is 2.33 bits per heavy atom. The number of nitrogens with zero attached hydrogens (tertiary/aromatic N) is 4. The summed E-state index contributed by atoms with van der Waals surface area (Å²) in [7, 11) is 0. The number of anilines is 2. The first-order chi connectivity index (χ1) is 21.2. The molecule has 0 N–H and O–H groups in total. The molecule has 9 aliphatic heterocycles. The summed E-state index contributed by atoms with van der Waals surface area (Å²) in [5, 5.41) is 0. The van der Waals surface area contributed by atoms with Gasteiger partial charge in [-0.15, -0.1) is 0 Å². The van der Waals surface area contributed by atoms with Gasteiger partial charge in [-0.1, -0.05) is 59.7 Å². The molecule has 9 heterocycles. The maximum atomic E-state index is 7.51. The molecule has 0 aromatic heterocycles. The van der Waals surface area contributed by atoms with Crippen molar-refractivity contribution < 1.29 is 4.74 Å². The highest BCUT2D eigenvalue weighted by Crippen LogP contribution is 2.85. The van der Waals surface area contributed by atoms with Gasteiger partial charge in [0.2, 0.25) is 0 Å². The van der Waals surface area contributed by atoms with E-state index < -0.39 is 0 Å². The number of fused-ring (bicyclic) bond motifs is 6. The van der Waals surface area contributed by atoms with E-state index in [0.29, 0.717) is 36.0 Å². The Morgan fingerprint density at radius 2 is 1.51 bits per heavy atom. The van der Waals surface area contributed by atoms with E-state index in [1.165, 1.54) is 64.1 Å². The fourth-order valence-corrected chi connectivity index (χ4v) is 15.8. The molecule has 11 atom stereocenters. The van der Waals surface area contributed by atoms with Crippen LogP contribution in [0.15, 0.2) is 71.8 Å². The standard InChI is InChI=1S/C38H40N4O/c1-2-22-19-39-14-12-35-25-8-4-6-10-29(25)42-32(35)37(26(22)17-30(35)39)21-41-28-9-5-3-7-24(28)36-13-15-40-20-23-11-16-43-34(42)38(37,33(36)41)27(23)18-31(36)40/h2-11,26-27,30-34H,12-21H2,1H3/t26-,27-,30+,31+,32+,33+,34-,35-,36+,37-,38-/m0/s1. The van der Waals surface area contributed by atoms with E-state index in [4.69, 9.17) is 4.74 Å². The van der Waals surface area contributed by atoms with E-state index in [0.717, 1.165) is 6.61 Å². The van der Waals surface area contributed by atoms with Gasteiger partial charge >= 0.3 is 0 Å². The largest absolute Gasteiger partial charge is 0.366 e. The second-order valence-corrected chi connectivity index (χ2v) is 16.3. The Labute approximate surface area is 254 Å². The molecule has 11 aliphatic rings. The number of piperidine rings is 2. The van der Waals surface area contributed by atoms with Crippen LogP contribution in [0.25, 0.3) is 0 Å². The Kier molecular flexibility index (Phi) is 3.54. The number of para-hydroxylation sites is 2. The van der Waals surface area contributed by atoms with Crippen molar-refractivity contribution in [1.29, 1.82) is 0 Å². The first kappa shape index (κ1) is 22.8. The molecule has 2 aromatic rings. The van der Waals surface area contributed by atoms with Crippen molar-refractivity contribution in [2.75, 3.05) is 49.1 Å². The highest BCUT2D eigenvalue weighted by Gasteiger charge is 2.92. The molecule has 5 heteroatoms. The minimum atomic E-state index is 0.0845. The first-order valence-corrected chi connectivity index (χ1v) is 17.4. The van der Waals surface area contributed by atoms with Crippen LogP contribution in [0.1, 0.15) is 43.7 Å². The molecule has 0 unspecified atom stereocenters. The van der Waals surface area contributed by atoms with Gasteiger partial charge in [-0.25, -0.2) is 0 Å². The molecule has 0 amide bonds. The Balaban J connectivity index is 1.21. The van der Waals surface area contributed by atoms with Gasteiger partial charge in [0.05, 0.1) is 24.1 Å². The first-order valence-electron chi connectivity index (χ1n) is 17.4. The Hall–Kier alpha value is -2.60. The molecule has 2 aliphatic carbocycles. The summed E-state index contributed by atoms with van der Waals surface area (Å²) in [4.78, 5) is 11.9. The van der Waals surface area contributed by atoms with Gasteiger partial charge in [0.1, 0.15) is 6.23 Å². The SMILES string of the molecule is CC=C1CN2CC[C@@]34c5ccccc5N5[C@H]3[C@]3(CN6c7ccccc7[C@@]78CCN9CC%10=CCO[C@H]5[C@@]3([C@H]67)[C@H]%10C[C@@H]98)[C@H]1C[C@@H]24. The van der Waals surface area contributed by atoms with Crippen molar-refractivity contribution in [2.24, 2.45) is 22.7 Å². The van der Waals surface area contributed by atoms with Crippen molar-refractivity contribution in [3.05, 3.63) is 83.0 Å². The van der Waals surface area contributed by atoms with E-state index in [1.807, 2.05) is 0 Å². The van der Waals surface area contributed by atoms with Crippen molar-refractivity contribution in [3.8, 4) is 0 Å². The number of ether oxygens (including phenoxy) is 1. The molecule has 43 heavy (non-hydrogen) atoms. The van der Waals surface area contributed by atoms with Crippen molar-refractivity contribution in [1.82, 2.24) is 9.80 Å². The van der Waals surface area contributed by atoms with Crippen LogP contribution in [0.3, 0.4) is 0 Å². The average molecular weight is 569 g/mol. The number of benzene rings is 2. The number of hydrogen-bond acceptors (Lipinski definition) is 5. The molecule has 2 saturated carbocycles. The zero-order valence-corrected chi connectivity index (χ0v) is 25.1. The maximum absolute atomic E-state index is 7.51. The van der Waals surface area contributed by atoms with E-state index in [9.17, 15) is 0 Å². The molecule has 13 rings (SSSR count). The topological polar surface area (TPSA) is 22.2 Å². The lowest BCUT2D eigenvalue weighted by molar-refractivity contribution is -0.154. The zero-order valence-electron chi connectivity index (χ0n) is 25.1. The molecular weight excluding hydrogens is 528 g/mol. The third kappa shape index (κ3) is 1.88. The third-order valence-electron chi connectivity index (χ3n) is 16.3. The smallest absolute Gasteiger partial charge is 0.139 e. The molecule has 6 saturated heterocycles. The molecular formula is C38H40N4O. The van der Waals surface area contributed by atoms with Crippen molar-refractivity contribution in [2.45, 2.75) is 73.8 Å². The summed E-state index contributed by atoms with van der Waals surface area (Å²) in [6, 6.07) is 21.8. The van der Waals surface area contributed by atoms with Crippen LogP contribution in [-0.2, 0) is 15.6 Å². The van der Waals surface area contributed by atoms with Crippen LogP contribution in [0.2, 0.25) is 0 Å². The van der Waals surface area contributed by atoms with Crippen LogP contribution in [0.5, 0.6) is 0 Å². The number of rotatable bonds is 0. The van der Waals surface area contributed by atoms with Crippen LogP contribution in [-0.4, -0.2) is 79.5 Å². The quantitative estimate of drug-likeness (QED) is 0.429. The third-order valence-corrected chi connectivity index (χ3v) is 16.3. The lowest BCUT2D eigenvalue weighted by Gasteiger charge is -2.67. The van der Waals surface area contributed by atoms with E-state index in [2.05, 4.69) is 87.2 Å². The summed E-state index contributed by atoms with van der Waals surface area (Å²) in [6.45, 7) is 9.19. The molecule has 0 radical (unpaired) electrons. The van der Waals surface area contributed by atoms with Crippen LogP contribution < -0.4 is 9.80 Å². The minimum Gasteiger partial charge on any atom is -0.366 e. The molecule has 2 aromatic carbocycles. The summed E-state index contributed by atoms with van der Waals surface area (Å²) >= 11 is 0. The van der Waals surface area contributed by atoms with Crippen molar-refractivity contribution >= 4 is 11.4 Å². The Morgan fingerprint density at radius 1 is 0.814 bits per heavy atom. The van der Waals surface area contributed by atoms with Crippen molar-refractivity contribution in [3.63, 3.8) is 0 Å². The predicted molar refractivity (Wildman–Crippen MR) is 166 cm³/mol. The lowest BCUT2D eigenvalue weighted by Crippen LogP contribution is -2.74. The number of hydrogen-bond donors (Lipinski definition) is 0. The van der Waals surface area contributed by atoms with Gasteiger partial charge < -0.3 is 14.5 Å². The summed E-state index contributed by atoms with van der Waals surface area (Å²) in [5.74, 6) is 1.24. The van der Waals surface area contributed by atoms with E-state index >= 15 is 0 Å². The van der Waals surface area contributed by atoms with Gasteiger partial charge in [0.25, 0.3) is 0 Å². The van der Waals surface area contributed by atoms with Gasteiger partial charge in [-0.2, -0.15) is 0 Å². The normalized spacial score (nSPS) is 52.3. The molecule has 4 bridgehead atoms. The van der Waals surface area contributed by atoms with E-state index in [1.54, 1.807) is 28.0 Å². The lowest BCUT2D eigenvalue weighted by atomic mass is 9.37. The Bertz CT molecular complexity index is 1770. The van der Waals surface area contributed by atoms with Gasteiger partial charge in [-0.3, -0.25) is 9.80 Å². The second-order valence-electron chi connectivity index (χ2n) is 16.3.